The van der Waals surface area contributed by atoms with E-state index in [9.17, 15) is 13.6 Å². The van der Waals surface area contributed by atoms with E-state index in [-0.39, 0.29) is 53.9 Å². The number of alkyl halides is 2. The lowest BCUT2D eigenvalue weighted by Crippen LogP contribution is -2.45. The van der Waals surface area contributed by atoms with Gasteiger partial charge in [-0.15, -0.1) is 10.2 Å². The third-order valence-corrected chi connectivity index (χ3v) is 8.38. The number of aryl methyl sites for hydroxylation is 2. The lowest BCUT2D eigenvalue weighted by molar-refractivity contribution is -0.100. The van der Waals surface area contributed by atoms with Gasteiger partial charge in [-0.25, -0.2) is 13.2 Å². The van der Waals surface area contributed by atoms with E-state index in [1.807, 2.05) is 40.8 Å². The first-order chi connectivity index (χ1) is 18.6. The quantitative estimate of drug-likeness (QED) is 0.300. The van der Waals surface area contributed by atoms with Gasteiger partial charge in [0.05, 0.1) is 10.9 Å². The van der Waals surface area contributed by atoms with Gasteiger partial charge in [-0.3, -0.25) is 9.69 Å². The summed E-state index contributed by atoms with van der Waals surface area (Å²) in [5.41, 5.74) is 2.66. The lowest BCUT2D eigenvalue weighted by Gasteiger charge is -2.36. The van der Waals surface area contributed by atoms with Crippen LogP contribution < -0.4 is 5.43 Å². The number of nitrogens with zero attached hydrogens (tertiary/aromatic N) is 4. The molecule has 2 fully saturated rings. The third kappa shape index (κ3) is 4.67. The third-order valence-electron chi connectivity index (χ3n) is 8.38. The van der Waals surface area contributed by atoms with Crippen molar-refractivity contribution >= 4 is 11.0 Å². The summed E-state index contributed by atoms with van der Waals surface area (Å²) in [4.78, 5) is 15.6. The average Bonchev–Trinajstić information content (AvgIpc) is 3.66. The van der Waals surface area contributed by atoms with Gasteiger partial charge in [-0.05, 0) is 42.9 Å². The molecule has 2 atom stereocenters. The molecule has 3 heterocycles. The molecule has 0 bridgehead atoms. The molecule has 0 spiro atoms. The van der Waals surface area contributed by atoms with Crippen molar-refractivity contribution in [1.29, 1.82) is 0 Å². The highest BCUT2D eigenvalue weighted by Gasteiger charge is 2.41. The number of likely N-dealkylation sites (tertiary alicyclic amines) is 1. The minimum absolute atomic E-state index is 0.0761. The lowest BCUT2D eigenvalue weighted by atomic mass is 9.90. The first-order valence-corrected chi connectivity index (χ1v) is 13.4. The van der Waals surface area contributed by atoms with E-state index in [1.54, 1.807) is 13.3 Å². The molecule has 1 saturated heterocycles. The summed E-state index contributed by atoms with van der Waals surface area (Å²) in [6.45, 7) is 3.59. The van der Waals surface area contributed by atoms with Crippen LogP contribution in [0.4, 0.5) is 13.2 Å². The van der Waals surface area contributed by atoms with Crippen LogP contribution in [0.5, 0.6) is 0 Å². The van der Waals surface area contributed by atoms with Crippen molar-refractivity contribution in [2.75, 3.05) is 13.1 Å². The Kier molecular flexibility index (Phi) is 6.37. The predicted molar refractivity (Wildman–Crippen MR) is 142 cm³/mol. The van der Waals surface area contributed by atoms with Crippen molar-refractivity contribution in [3.63, 3.8) is 0 Å². The number of benzene rings is 2. The van der Waals surface area contributed by atoms with Crippen LogP contribution in [-0.2, 0) is 13.6 Å². The van der Waals surface area contributed by atoms with Crippen LogP contribution in [-0.4, -0.2) is 38.7 Å². The molecular weight excluding hydrogens is 505 g/mol. The molecular formula is C30H31F3N4O2. The first-order valence-electron chi connectivity index (χ1n) is 13.4. The summed E-state index contributed by atoms with van der Waals surface area (Å²) in [5, 5.41) is 8.70. The monoisotopic (exact) mass is 536 g/mol. The summed E-state index contributed by atoms with van der Waals surface area (Å²) < 4.78 is 51.1. The van der Waals surface area contributed by atoms with Crippen molar-refractivity contribution in [3.8, 4) is 11.1 Å². The Bertz CT molecular complexity index is 1610. The number of halogens is 3. The van der Waals surface area contributed by atoms with Crippen LogP contribution in [0.15, 0.2) is 52.1 Å². The largest absolute Gasteiger partial charge is 0.463 e. The Balaban J connectivity index is 1.37. The SMILES string of the molecule is Cc1c(F)c(CN2CCC(F)(F)[C@H](C)C2)cc2c(=O)c(-c3cccc(C(c4nncn4C)C4CC4)c3)coc12. The molecule has 6 rings (SSSR count). The van der Waals surface area contributed by atoms with Crippen LogP contribution in [0.25, 0.3) is 22.1 Å². The number of hydrogen-bond acceptors (Lipinski definition) is 5. The Morgan fingerprint density at radius 3 is 2.72 bits per heavy atom. The molecule has 2 aliphatic rings. The number of fused-ring (bicyclic) bond motifs is 1. The molecule has 6 nitrogen and oxygen atoms in total. The zero-order chi connectivity index (χ0) is 27.5. The first kappa shape index (κ1) is 25.8. The second kappa shape index (κ2) is 9.62. The van der Waals surface area contributed by atoms with E-state index in [0.29, 0.717) is 22.6 Å². The second-order valence-corrected chi connectivity index (χ2v) is 11.2. The van der Waals surface area contributed by atoms with Crippen LogP contribution in [0, 0.1) is 24.6 Å². The van der Waals surface area contributed by atoms with Gasteiger partial charge in [0.25, 0.3) is 5.92 Å². The number of rotatable bonds is 6. The molecule has 1 aliphatic carbocycles. The Labute approximate surface area is 224 Å². The Morgan fingerprint density at radius 2 is 2.03 bits per heavy atom. The minimum atomic E-state index is -2.72. The maximum absolute atomic E-state index is 15.3. The molecule has 2 aromatic carbocycles. The molecule has 4 aromatic rings. The van der Waals surface area contributed by atoms with Crippen LogP contribution in [0.2, 0.25) is 0 Å². The zero-order valence-corrected chi connectivity index (χ0v) is 22.3. The highest BCUT2D eigenvalue weighted by atomic mass is 19.3. The van der Waals surface area contributed by atoms with E-state index in [2.05, 4.69) is 10.2 Å². The maximum Gasteiger partial charge on any atom is 0.253 e. The molecule has 0 N–H and O–H groups in total. The second-order valence-electron chi connectivity index (χ2n) is 11.2. The number of aromatic nitrogens is 3. The molecule has 1 unspecified atom stereocenters. The van der Waals surface area contributed by atoms with Crippen molar-refractivity contribution in [2.45, 2.75) is 51.5 Å². The minimum Gasteiger partial charge on any atom is -0.463 e. The van der Waals surface area contributed by atoms with Crippen LogP contribution in [0.1, 0.15) is 54.6 Å². The van der Waals surface area contributed by atoms with Gasteiger partial charge < -0.3 is 8.98 Å². The van der Waals surface area contributed by atoms with Crippen molar-refractivity contribution < 1.29 is 17.6 Å². The highest BCUT2D eigenvalue weighted by molar-refractivity contribution is 5.84. The fourth-order valence-electron chi connectivity index (χ4n) is 5.88. The molecule has 0 amide bonds. The molecule has 2 aromatic heterocycles. The molecule has 0 radical (unpaired) electrons. The van der Waals surface area contributed by atoms with E-state index in [0.717, 1.165) is 24.2 Å². The van der Waals surface area contributed by atoms with E-state index in [4.69, 9.17) is 4.42 Å². The van der Waals surface area contributed by atoms with E-state index < -0.39 is 17.7 Å². The highest BCUT2D eigenvalue weighted by Crippen LogP contribution is 2.46. The standard InChI is InChI=1S/C30H31F3N4O2/c1-17-13-37(10-9-30(17,32)33)14-22-12-23-27(38)24(15-39-28(23)18(2)26(22)31)20-5-4-6-21(11-20)25(19-7-8-19)29-35-34-16-36(29)3/h4-6,11-12,15-17,19,25H,7-10,13-14H2,1-3H3/t17-,25?/m1/s1. The Hall–Kier alpha value is -3.46. The summed E-state index contributed by atoms with van der Waals surface area (Å²) in [7, 11) is 1.93. The van der Waals surface area contributed by atoms with Crippen molar-refractivity contribution in [3.05, 3.63) is 81.5 Å². The number of piperidine rings is 1. The predicted octanol–water partition coefficient (Wildman–Crippen LogP) is 6.06. The van der Waals surface area contributed by atoms with Gasteiger partial charge in [-0.2, -0.15) is 0 Å². The normalized spacial score (nSPS) is 20.4. The van der Waals surface area contributed by atoms with Crippen LogP contribution >= 0.6 is 0 Å². The van der Waals surface area contributed by atoms with Crippen molar-refractivity contribution in [2.24, 2.45) is 18.9 Å². The molecule has 1 aliphatic heterocycles. The number of hydrogen-bond donors (Lipinski definition) is 0. The molecule has 204 valence electrons. The summed E-state index contributed by atoms with van der Waals surface area (Å²) in [5.74, 6) is -2.57. The zero-order valence-electron chi connectivity index (χ0n) is 22.3. The van der Waals surface area contributed by atoms with Crippen molar-refractivity contribution in [1.82, 2.24) is 19.7 Å². The maximum atomic E-state index is 15.3. The fraction of sp³-hybridized carbons (Fsp3) is 0.433. The van der Waals surface area contributed by atoms with E-state index >= 15 is 4.39 Å². The van der Waals surface area contributed by atoms with Gasteiger partial charge in [0, 0.05) is 56.1 Å². The molecule has 9 heteroatoms. The fourth-order valence-corrected chi connectivity index (χ4v) is 5.88. The molecule has 1 saturated carbocycles. The topological polar surface area (TPSA) is 64.2 Å². The van der Waals surface area contributed by atoms with Gasteiger partial charge in [0.2, 0.25) is 5.43 Å². The summed E-state index contributed by atoms with van der Waals surface area (Å²) in [6.07, 6.45) is 5.06. The van der Waals surface area contributed by atoms with Crippen LogP contribution in [0.3, 0.4) is 0 Å². The Morgan fingerprint density at radius 1 is 1.23 bits per heavy atom. The molecule has 39 heavy (non-hydrogen) atoms. The van der Waals surface area contributed by atoms with Gasteiger partial charge in [-0.1, -0.05) is 31.2 Å². The average molecular weight is 537 g/mol. The summed E-state index contributed by atoms with van der Waals surface area (Å²) in [6, 6.07) is 9.37. The van der Waals surface area contributed by atoms with Gasteiger partial charge >= 0.3 is 0 Å². The smallest absolute Gasteiger partial charge is 0.253 e. The van der Waals surface area contributed by atoms with Gasteiger partial charge in [0.15, 0.2) is 0 Å². The van der Waals surface area contributed by atoms with E-state index in [1.165, 1.54) is 19.3 Å². The van der Waals surface area contributed by atoms with Gasteiger partial charge in [0.1, 0.15) is 29.8 Å². The summed E-state index contributed by atoms with van der Waals surface area (Å²) >= 11 is 0.